The highest BCUT2D eigenvalue weighted by atomic mass is 32.2. The third-order valence-corrected chi connectivity index (χ3v) is 8.24. The van der Waals surface area contributed by atoms with E-state index in [4.69, 9.17) is 14.7 Å². The highest BCUT2D eigenvalue weighted by molar-refractivity contribution is 8.00. The summed E-state index contributed by atoms with van der Waals surface area (Å²) in [4.78, 5) is 11.1. The smallest absolute Gasteiger partial charge is 0.231 e. The number of anilines is 5. The minimum Gasteiger partial charge on any atom is -0.489 e. The number of benzene rings is 2. The maximum Gasteiger partial charge on any atom is 0.231 e. The van der Waals surface area contributed by atoms with Crippen molar-refractivity contribution in [2.75, 3.05) is 35.6 Å². The fourth-order valence-electron chi connectivity index (χ4n) is 5.40. The molecule has 0 bridgehead atoms. The molecule has 7 nitrogen and oxygen atoms in total. The predicted molar refractivity (Wildman–Crippen MR) is 165 cm³/mol. The highest BCUT2D eigenvalue weighted by Gasteiger charge is 2.22. The first-order chi connectivity index (χ1) is 18.9. The first kappa shape index (κ1) is 27.6. The second kappa shape index (κ2) is 12.5. The number of hydrogen-bond donors (Lipinski definition) is 4. The number of rotatable bonds is 9. The Hall–Kier alpha value is -2.97. The average Bonchev–Trinajstić information content (AvgIpc) is 2.91. The summed E-state index contributed by atoms with van der Waals surface area (Å²) in [5.41, 5.74) is 5.75. The van der Waals surface area contributed by atoms with Gasteiger partial charge in [0.05, 0.1) is 17.5 Å². The van der Waals surface area contributed by atoms with Crippen LogP contribution in [0.15, 0.2) is 41.3 Å². The molecule has 2 aliphatic rings. The van der Waals surface area contributed by atoms with E-state index in [1.165, 1.54) is 16.0 Å². The first-order valence-corrected chi connectivity index (χ1v) is 15.2. The van der Waals surface area contributed by atoms with Crippen LogP contribution in [0, 0.1) is 6.92 Å². The zero-order valence-corrected chi connectivity index (χ0v) is 24.7. The van der Waals surface area contributed by atoms with Crippen LogP contribution in [0.3, 0.4) is 0 Å². The van der Waals surface area contributed by atoms with E-state index in [2.05, 4.69) is 92.3 Å². The molecule has 0 unspecified atom stereocenters. The normalized spacial score (nSPS) is 15.7. The Balaban J connectivity index is 1.50. The molecule has 0 amide bonds. The molecule has 0 aliphatic carbocycles. The summed E-state index contributed by atoms with van der Waals surface area (Å²) < 4.78 is 6.33. The van der Waals surface area contributed by atoms with Crippen molar-refractivity contribution in [3.8, 4) is 5.75 Å². The van der Waals surface area contributed by atoms with Crippen molar-refractivity contribution in [2.24, 2.45) is 0 Å². The van der Waals surface area contributed by atoms with Gasteiger partial charge < -0.3 is 26.0 Å². The monoisotopic (exact) mass is 546 g/mol. The SMILES string of the molecule is Cc1cc(Nc2nc3c(c(Nc4ccccc4SC(C)C)n2)CCCN3)c(OC(C)C)cc1C1CCNCC1. The average molecular weight is 547 g/mol. The van der Waals surface area contributed by atoms with Crippen LogP contribution in [0.1, 0.15) is 69.6 Å². The van der Waals surface area contributed by atoms with Crippen molar-refractivity contribution in [3.05, 3.63) is 53.1 Å². The van der Waals surface area contributed by atoms with E-state index in [9.17, 15) is 0 Å². The maximum atomic E-state index is 6.33. The van der Waals surface area contributed by atoms with Crippen molar-refractivity contribution < 1.29 is 4.74 Å². The van der Waals surface area contributed by atoms with Crippen LogP contribution in [-0.4, -0.2) is 41.0 Å². The van der Waals surface area contributed by atoms with Gasteiger partial charge in [-0.25, -0.2) is 0 Å². The summed E-state index contributed by atoms with van der Waals surface area (Å²) >= 11 is 1.85. The largest absolute Gasteiger partial charge is 0.489 e. The molecule has 208 valence electrons. The van der Waals surface area contributed by atoms with Gasteiger partial charge in [0.25, 0.3) is 0 Å². The molecule has 0 radical (unpaired) electrons. The van der Waals surface area contributed by atoms with Gasteiger partial charge in [-0.05, 0) is 101 Å². The van der Waals surface area contributed by atoms with Gasteiger partial charge in [0, 0.05) is 22.3 Å². The van der Waals surface area contributed by atoms with Crippen LogP contribution in [-0.2, 0) is 6.42 Å². The minimum atomic E-state index is 0.0624. The molecule has 1 aromatic heterocycles. The van der Waals surface area contributed by atoms with Crippen LogP contribution < -0.4 is 26.0 Å². The number of ether oxygens (including phenoxy) is 1. The molecule has 0 atom stereocenters. The lowest BCUT2D eigenvalue weighted by Gasteiger charge is -2.26. The molecular formula is C31H42N6OS. The van der Waals surface area contributed by atoms with Gasteiger partial charge >= 0.3 is 0 Å². The van der Waals surface area contributed by atoms with Gasteiger partial charge in [0.1, 0.15) is 17.4 Å². The topological polar surface area (TPSA) is 83.1 Å². The Kier molecular flexibility index (Phi) is 8.82. The molecule has 4 N–H and O–H groups in total. The maximum absolute atomic E-state index is 6.33. The summed E-state index contributed by atoms with van der Waals surface area (Å²) in [6.45, 7) is 13.8. The van der Waals surface area contributed by atoms with Gasteiger partial charge in [-0.3, -0.25) is 0 Å². The summed E-state index contributed by atoms with van der Waals surface area (Å²) in [6, 6.07) is 12.9. The molecule has 2 aromatic carbocycles. The van der Waals surface area contributed by atoms with Crippen molar-refractivity contribution >= 4 is 40.7 Å². The molecule has 0 spiro atoms. The predicted octanol–water partition coefficient (Wildman–Crippen LogP) is 7.39. The fraction of sp³-hybridized carbons (Fsp3) is 0.484. The molecular weight excluding hydrogens is 504 g/mol. The fourth-order valence-corrected chi connectivity index (χ4v) is 6.31. The number of hydrogen-bond acceptors (Lipinski definition) is 8. The number of fused-ring (bicyclic) bond motifs is 1. The van der Waals surface area contributed by atoms with Gasteiger partial charge in [-0.2, -0.15) is 9.97 Å². The third-order valence-electron chi connectivity index (χ3n) is 7.16. The first-order valence-electron chi connectivity index (χ1n) is 14.3. The lowest BCUT2D eigenvalue weighted by molar-refractivity contribution is 0.243. The number of piperidine rings is 1. The summed E-state index contributed by atoms with van der Waals surface area (Å²) in [5, 5.41) is 14.6. The second-order valence-corrected chi connectivity index (χ2v) is 12.7. The van der Waals surface area contributed by atoms with Crippen LogP contribution in [0.4, 0.5) is 29.0 Å². The van der Waals surface area contributed by atoms with Crippen molar-refractivity contribution in [1.29, 1.82) is 0 Å². The number of nitrogens with one attached hydrogen (secondary N) is 4. The lowest BCUT2D eigenvalue weighted by atomic mass is 9.87. The number of thioether (sulfide) groups is 1. The number of aromatic nitrogens is 2. The molecule has 2 aliphatic heterocycles. The van der Waals surface area contributed by atoms with Crippen molar-refractivity contribution in [3.63, 3.8) is 0 Å². The van der Waals surface area contributed by atoms with Crippen molar-refractivity contribution in [2.45, 2.75) is 82.5 Å². The van der Waals surface area contributed by atoms with Gasteiger partial charge in [0.2, 0.25) is 5.95 Å². The number of para-hydroxylation sites is 1. The summed E-state index contributed by atoms with van der Waals surface area (Å²) in [7, 11) is 0. The Labute approximate surface area is 237 Å². The minimum absolute atomic E-state index is 0.0624. The molecule has 39 heavy (non-hydrogen) atoms. The van der Waals surface area contributed by atoms with E-state index in [0.29, 0.717) is 17.1 Å². The summed E-state index contributed by atoms with van der Waals surface area (Å²) in [5.74, 6) is 3.71. The molecule has 1 fully saturated rings. The zero-order chi connectivity index (χ0) is 27.4. The van der Waals surface area contributed by atoms with E-state index in [1.54, 1.807) is 0 Å². The van der Waals surface area contributed by atoms with E-state index < -0.39 is 0 Å². The lowest BCUT2D eigenvalue weighted by Crippen LogP contribution is -2.27. The van der Waals surface area contributed by atoms with Crippen LogP contribution >= 0.6 is 11.8 Å². The van der Waals surface area contributed by atoms with E-state index >= 15 is 0 Å². The van der Waals surface area contributed by atoms with Crippen molar-refractivity contribution in [1.82, 2.24) is 15.3 Å². The zero-order valence-electron chi connectivity index (χ0n) is 23.9. The van der Waals surface area contributed by atoms with Gasteiger partial charge in [-0.15, -0.1) is 11.8 Å². The quantitative estimate of drug-likeness (QED) is 0.207. The Morgan fingerprint density at radius 3 is 2.54 bits per heavy atom. The van der Waals surface area contributed by atoms with E-state index in [0.717, 1.165) is 79.6 Å². The van der Waals surface area contributed by atoms with Crippen LogP contribution in [0.5, 0.6) is 5.75 Å². The van der Waals surface area contributed by atoms with E-state index in [-0.39, 0.29) is 6.10 Å². The third kappa shape index (κ3) is 6.79. The Morgan fingerprint density at radius 2 is 1.77 bits per heavy atom. The highest BCUT2D eigenvalue weighted by Crippen LogP contribution is 2.39. The van der Waals surface area contributed by atoms with Crippen LogP contribution in [0.25, 0.3) is 0 Å². The Bertz CT molecular complexity index is 1290. The molecule has 3 heterocycles. The standard InChI is InChI=1S/C31H42N6OS/c1-19(2)38-27-18-24(22-12-15-32-16-13-22)21(5)17-26(27)35-31-36-29-23(9-8-14-33-29)30(37-31)34-25-10-6-7-11-28(25)39-20(3)4/h6-7,10-11,17-20,22,32H,8-9,12-16H2,1-5H3,(H3,33,34,35,36,37). The Morgan fingerprint density at radius 1 is 0.974 bits per heavy atom. The van der Waals surface area contributed by atoms with Gasteiger partial charge in [-0.1, -0.05) is 26.0 Å². The number of aryl methyl sites for hydroxylation is 1. The number of nitrogens with zero attached hydrogens (tertiary/aromatic N) is 2. The molecule has 1 saturated heterocycles. The van der Waals surface area contributed by atoms with Crippen LogP contribution in [0.2, 0.25) is 0 Å². The molecule has 0 saturated carbocycles. The molecule has 3 aromatic rings. The summed E-state index contributed by atoms with van der Waals surface area (Å²) in [6.07, 6.45) is 4.37. The second-order valence-electron chi connectivity index (χ2n) is 11.1. The molecule has 8 heteroatoms. The molecule has 5 rings (SSSR count). The van der Waals surface area contributed by atoms with E-state index in [1.807, 2.05) is 11.8 Å². The van der Waals surface area contributed by atoms with Gasteiger partial charge in [0.15, 0.2) is 0 Å².